The first-order chi connectivity index (χ1) is 33.6. The lowest BCUT2D eigenvalue weighted by Crippen LogP contribution is -2.52. The van der Waals surface area contributed by atoms with Crippen LogP contribution in [-0.2, 0) is 41.8 Å². The van der Waals surface area contributed by atoms with Gasteiger partial charge in [-0.25, -0.2) is 4.79 Å². The van der Waals surface area contributed by atoms with Crippen LogP contribution in [0.3, 0.4) is 0 Å². The molecular weight excluding hydrogens is 945 g/mol. The second kappa shape index (κ2) is 29.6. The Labute approximate surface area is 437 Å². The van der Waals surface area contributed by atoms with Crippen molar-refractivity contribution in [3.05, 3.63) is 36.0 Å². The number of cyclic esters (lactones) is 1. The highest BCUT2D eigenvalue weighted by Gasteiger charge is 2.51. The molecule has 3 aliphatic heterocycles. The number of nitrogens with zero attached hydrogens (tertiary/aromatic N) is 2. The molecule has 0 spiro atoms. The van der Waals surface area contributed by atoms with Gasteiger partial charge in [0.15, 0.2) is 37.3 Å². The molecule has 412 valence electrons. The van der Waals surface area contributed by atoms with E-state index in [1.807, 2.05) is 39.8 Å². The Balaban J connectivity index is 2.10. The van der Waals surface area contributed by atoms with E-state index in [0.29, 0.717) is 32.5 Å². The van der Waals surface area contributed by atoms with Crippen molar-refractivity contribution in [2.24, 2.45) is 11.8 Å². The largest absolute Gasteiger partial charge is 0.457 e. The van der Waals surface area contributed by atoms with Gasteiger partial charge in [0, 0.05) is 57.1 Å². The monoisotopic (exact) mass is 1050 g/mol. The molecule has 3 heterocycles. The second-order valence-electron chi connectivity index (χ2n) is 21.9. The fraction of sp³-hybridized carbons (Fsp3) is 0.857. The van der Waals surface area contributed by atoms with E-state index in [1.165, 1.54) is 0 Å². The van der Waals surface area contributed by atoms with Gasteiger partial charge in [-0.15, -0.1) is 0 Å². The van der Waals surface area contributed by atoms with Crippen molar-refractivity contribution in [3.8, 4) is 0 Å². The molecule has 0 saturated carbocycles. The van der Waals surface area contributed by atoms with Crippen LogP contribution in [0.25, 0.3) is 0 Å². The summed E-state index contributed by atoms with van der Waals surface area (Å²) in [6.45, 7) is 40.3. The van der Waals surface area contributed by atoms with E-state index in [0.717, 1.165) is 85.9 Å². The van der Waals surface area contributed by atoms with Gasteiger partial charge in [0.2, 0.25) is 0 Å². The van der Waals surface area contributed by atoms with Gasteiger partial charge in [-0.1, -0.05) is 107 Å². The van der Waals surface area contributed by atoms with Gasteiger partial charge in [0.1, 0.15) is 11.7 Å². The van der Waals surface area contributed by atoms with Crippen molar-refractivity contribution in [2.45, 2.75) is 258 Å². The maximum atomic E-state index is 14.3. The molecule has 0 radical (unpaired) electrons. The summed E-state index contributed by atoms with van der Waals surface area (Å²) in [4.78, 5) is 32.4. The zero-order chi connectivity index (χ0) is 53.2. The van der Waals surface area contributed by atoms with Crippen LogP contribution in [0.2, 0.25) is 54.4 Å². The molecule has 0 bridgehead atoms. The molecule has 0 aromatic rings. The van der Waals surface area contributed by atoms with E-state index >= 15 is 0 Å². The minimum atomic E-state index is -2.17. The number of hydrogen-bond acceptors (Lipinski definition) is 11. The van der Waals surface area contributed by atoms with Gasteiger partial charge in [-0.2, -0.15) is 0 Å². The average Bonchev–Trinajstić information content (AvgIpc) is 4.13. The first-order valence-electron chi connectivity index (χ1n) is 28.5. The number of allylic oxidation sites excluding steroid dienone is 2. The quantitative estimate of drug-likeness (QED) is 0.0186. The smallest absolute Gasteiger partial charge is 0.410 e. The Hall–Kier alpha value is -1.67. The summed E-state index contributed by atoms with van der Waals surface area (Å²) in [7, 11) is -3.95. The summed E-state index contributed by atoms with van der Waals surface area (Å²) in [5.74, 6) is -0.290. The predicted molar refractivity (Wildman–Crippen MR) is 298 cm³/mol. The lowest BCUT2D eigenvalue weighted by atomic mass is 9.88. The van der Waals surface area contributed by atoms with Crippen molar-refractivity contribution in [2.75, 3.05) is 39.8 Å². The summed E-state index contributed by atoms with van der Waals surface area (Å²) >= 11 is 0. The lowest BCUT2D eigenvalue weighted by molar-refractivity contribution is -0.222. The number of ether oxygens (including phenoxy) is 5. The molecule has 3 rings (SSSR count). The third kappa shape index (κ3) is 18.3. The van der Waals surface area contributed by atoms with Crippen LogP contribution in [0, 0.1) is 11.8 Å². The highest BCUT2D eigenvalue weighted by Crippen LogP contribution is 2.43. The molecule has 0 aromatic carbocycles. The van der Waals surface area contributed by atoms with E-state index in [4.69, 9.17) is 37.0 Å². The number of likely N-dealkylation sites (N-methyl/N-ethyl adjacent to an activating group) is 1. The van der Waals surface area contributed by atoms with Crippen LogP contribution in [0.4, 0.5) is 4.79 Å². The maximum Gasteiger partial charge on any atom is 0.410 e. The van der Waals surface area contributed by atoms with Crippen molar-refractivity contribution < 1.29 is 46.6 Å². The third-order valence-corrected chi connectivity index (χ3v) is 31.3. The third-order valence-electron chi connectivity index (χ3n) is 17.2. The van der Waals surface area contributed by atoms with Crippen molar-refractivity contribution in [1.82, 2.24) is 9.80 Å². The van der Waals surface area contributed by atoms with E-state index in [2.05, 4.69) is 120 Å². The Morgan fingerprint density at radius 3 is 1.99 bits per heavy atom. The Morgan fingerprint density at radius 2 is 1.45 bits per heavy atom. The SMILES string of the molecule is CCOC(C)OC1(C)CCC(O[Si](CC)(CC)CC)CC(=O)OC(/C(C)=C/C=C/C(C)(CC2OC2C(C)C(CC)O[Si](CC)(CC)CC)O[Si](CC)(CC)CC)C(C)/C=C\C1OC(=O)N1CCN(C)CC1. The molecule has 71 heavy (non-hydrogen) atoms. The van der Waals surface area contributed by atoms with Crippen LogP contribution in [-0.4, -0.2) is 141 Å². The van der Waals surface area contributed by atoms with Crippen molar-refractivity contribution in [1.29, 1.82) is 0 Å². The fourth-order valence-electron chi connectivity index (χ4n) is 11.2. The minimum Gasteiger partial charge on any atom is -0.457 e. The Morgan fingerprint density at radius 1 is 0.873 bits per heavy atom. The number of epoxide rings is 1. The van der Waals surface area contributed by atoms with Gasteiger partial charge < -0.3 is 46.8 Å². The molecule has 15 heteroatoms. The molecule has 0 N–H and O–H groups in total. The van der Waals surface area contributed by atoms with E-state index in [1.54, 1.807) is 4.90 Å². The highest BCUT2D eigenvalue weighted by atomic mass is 28.4. The van der Waals surface area contributed by atoms with Crippen LogP contribution in [0.5, 0.6) is 0 Å². The number of carbonyl (C=O) groups excluding carboxylic acids is 2. The lowest BCUT2D eigenvalue weighted by Gasteiger charge is -2.41. The van der Waals surface area contributed by atoms with Gasteiger partial charge >= 0.3 is 12.1 Å². The standard InChI is InChI=1S/C56H106N2O10Si3/c1-19-48(67-70(24-6,25-7)26-8)45(14)53-49(62-53)42-55(16,68-71(27-9,28-10)29-11)35-30-31-43(12)52-44(13)32-33-50(63-54(60)58-39-37-57(18)38-40-58)56(17,65-46(15)61-20-2)36-34-47(41-51(59)64-52)66-69(21-3,22-4)23-5/h30-33,35,44-50,52-53H,19-29,34,36-42H2,1-18H3/b33-32-,35-30+,43-31+. The summed E-state index contributed by atoms with van der Waals surface area (Å²) in [6.07, 6.45) is 10.9. The van der Waals surface area contributed by atoms with Crippen LogP contribution < -0.4 is 0 Å². The highest BCUT2D eigenvalue weighted by molar-refractivity contribution is 6.74. The molecular formula is C56H106N2O10Si3. The second-order valence-corrected chi connectivity index (χ2v) is 36.0. The minimum absolute atomic E-state index is 0.0765. The Bertz CT molecular complexity index is 1660. The van der Waals surface area contributed by atoms with Crippen molar-refractivity contribution >= 4 is 37.0 Å². The zero-order valence-electron chi connectivity index (χ0n) is 48.5. The zero-order valence-corrected chi connectivity index (χ0v) is 51.5. The van der Waals surface area contributed by atoms with Crippen molar-refractivity contribution in [3.63, 3.8) is 0 Å². The number of carbonyl (C=O) groups is 2. The van der Waals surface area contributed by atoms with Gasteiger partial charge in [-0.05, 0) is 127 Å². The first kappa shape index (κ1) is 63.6. The van der Waals surface area contributed by atoms with Gasteiger partial charge in [-0.3, -0.25) is 4.79 Å². The normalized spacial score (nSPS) is 28.3. The van der Waals surface area contributed by atoms with Gasteiger partial charge in [0.05, 0.1) is 30.3 Å². The van der Waals surface area contributed by atoms with Crippen LogP contribution in [0.1, 0.15) is 150 Å². The average molecular weight is 1050 g/mol. The van der Waals surface area contributed by atoms with E-state index < -0.39 is 60.8 Å². The molecule has 2 saturated heterocycles. The molecule has 12 nitrogen and oxygen atoms in total. The maximum absolute atomic E-state index is 14.3. The summed E-state index contributed by atoms with van der Waals surface area (Å²) in [6, 6.07) is 9.37. The topological polar surface area (TPSA) is 118 Å². The van der Waals surface area contributed by atoms with E-state index in [-0.39, 0.29) is 48.6 Å². The summed E-state index contributed by atoms with van der Waals surface area (Å²) in [5.41, 5.74) is -0.678. The molecule has 1 amide bonds. The number of amides is 1. The molecule has 2 fully saturated rings. The van der Waals surface area contributed by atoms with Crippen LogP contribution in [0.15, 0.2) is 36.0 Å². The van der Waals surface area contributed by atoms with Crippen LogP contribution >= 0.6 is 0 Å². The fourth-order valence-corrected chi connectivity index (χ4v) is 20.2. The molecule has 11 atom stereocenters. The molecule has 11 unspecified atom stereocenters. The predicted octanol–water partition coefficient (Wildman–Crippen LogP) is 13.5. The first-order valence-corrected chi connectivity index (χ1v) is 36.1. The molecule has 3 aliphatic rings. The number of esters is 1. The Kier molecular flexibility index (Phi) is 26.5. The molecule has 0 aliphatic carbocycles. The number of hydrogen-bond donors (Lipinski definition) is 0. The van der Waals surface area contributed by atoms with Gasteiger partial charge in [0.25, 0.3) is 0 Å². The number of rotatable bonds is 28. The molecule has 0 aromatic heterocycles. The summed E-state index contributed by atoms with van der Waals surface area (Å²) in [5, 5.41) is 0. The van der Waals surface area contributed by atoms with E-state index in [9.17, 15) is 9.59 Å². The summed E-state index contributed by atoms with van der Waals surface area (Å²) < 4.78 is 54.0. The number of piperazine rings is 1.